The largest absolute Gasteiger partial charge is 0.385 e. The number of rotatable bonds is 6. The minimum Gasteiger partial charge on any atom is -0.385 e. The van der Waals surface area contributed by atoms with Gasteiger partial charge in [0, 0.05) is 38.2 Å². The van der Waals surface area contributed by atoms with Gasteiger partial charge in [-0.3, -0.25) is 0 Å². The van der Waals surface area contributed by atoms with Crippen LogP contribution in [0.1, 0.15) is 19.2 Å². The maximum Gasteiger partial charge on any atom is 0.202 e. The van der Waals surface area contributed by atoms with Crippen molar-refractivity contribution >= 4 is 16.7 Å². The SMILES string of the molecule is CCc1nsc(NCCCOC)n1. The maximum atomic E-state index is 4.93. The van der Waals surface area contributed by atoms with Gasteiger partial charge in [-0.2, -0.15) is 4.37 Å². The average Bonchev–Trinajstić information content (AvgIpc) is 2.60. The standard InChI is InChI=1S/C8H15N3OS/c1-3-7-10-8(13-11-7)9-5-4-6-12-2/h3-6H2,1-2H3,(H,9,10,11). The summed E-state index contributed by atoms with van der Waals surface area (Å²) < 4.78 is 9.10. The molecule has 1 aromatic rings. The van der Waals surface area contributed by atoms with E-state index in [1.807, 2.05) is 0 Å². The maximum absolute atomic E-state index is 4.93. The molecule has 4 nitrogen and oxygen atoms in total. The van der Waals surface area contributed by atoms with Crippen LogP contribution in [0.5, 0.6) is 0 Å². The molecule has 13 heavy (non-hydrogen) atoms. The van der Waals surface area contributed by atoms with Crippen LogP contribution in [0.2, 0.25) is 0 Å². The van der Waals surface area contributed by atoms with Crippen LogP contribution in [0.3, 0.4) is 0 Å². The number of hydrogen-bond donors (Lipinski definition) is 1. The second-order valence-corrected chi connectivity index (χ2v) is 3.39. The van der Waals surface area contributed by atoms with Gasteiger partial charge in [-0.1, -0.05) is 6.92 Å². The molecule has 5 heteroatoms. The zero-order valence-corrected chi connectivity index (χ0v) is 8.86. The molecule has 0 saturated carbocycles. The molecule has 0 unspecified atom stereocenters. The van der Waals surface area contributed by atoms with Gasteiger partial charge in [0.05, 0.1) is 0 Å². The fraction of sp³-hybridized carbons (Fsp3) is 0.750. The van der Waals surface area contributed by atoms with Gasteiger partial charge in [0.25, 0.3) is 0 Å². The Morgan fingerprint density at radius 1 is 1.54 bits per heavy atom. The van der Waals surface area contributed by atoms with Crippen molar-refractivity contribution in [1.29, 1.82) is 0 Å². The second-order valence-electron chi connectivity index (χ2n) is 2.64. The molecule has 0 aromatic carbocycles. The third-order valence-electron chi connectivity index (χ3n) is 1.59. The van der Waals surface area contributed by atoms with E-state index in [1.165, 1.54) is 11.5 Å². The molecule has 1 N–H and O–H groups in total. The molecule has 0 aliphatic carbocycles. The minimum absolute atomic E-state index is 0.784. The number of nitrogens with one attached hydrogen (secondary N) is 1. The van der Waals surface area contributed by atoms with Gasteiger partial charge in [0.15, 0.2) is 0 Å². The highest BCUT2D eigenvalue weighted by Gasteiger charge is 1.99. The minimum atomic E-state index is 0.784. The molecule has 74 valence electrons. The predicted molar refractivity (Wildman–Crippen MR) is 54.3 cm³/mol. The van der Waals surface area contributed by atoms with E-state index in [9.17, 15) is 0 Å². The zero-order chi connectivity index (χ0) is 9.52. The van der Waals surface area contributed by atoms with Crippen LogP contribution in [0.4, 0.5) is 5.13 Å². The molecule has 1 aromatic heterocycles. The van der Waals surface area contributed by atoms with Gasteiger partial charge in [-0.25, -0.2) is 4.98 Å². The van der Waals surface area contributed by atoms with Gasteiger partial charge in [0.2, 0.25) is 5.13 Å². The number of aryl methyl sites for hydroxylation is 1. The molecule has 0 bridgehead atoms. The summed E-state index contributed by atoms with van der Waals surface area (Å²) in [6.45, 7) is 3.73. The first-order chi connectivity index (χ1) is 6.36. The lowest BCUT2D eigenvalue weighted by Crippen LogP contribution is -2.04. The van der Waals surface area contributed by atoms with Crippen molar-refractivity contribution in [2.24, 2.45) is 0 Å². The normalized spacial score (nSPS) is 10.3. The second kappa shape index (κ2) is 5.88. The van der Waals surface area contributed by atoms with E-state index in [1.54, 1.807) is 7.11 Å². The Kier molecular flexibility index (Phi) is 4.70. The average molecular weight is 201 g/mol. The Bertz CT molecular complexity index is 239. The summed E-state index contributed by atoms with van der Waals surface area (Å²) in [6, 6.07) is 0. The lowest BCUT2D eigenvalue weighted by Gasteiger charge is -1.99. The third-order valence-corrected chi connectivity index (χ3v) is 2.30. The highest BCUT2D eigenvalue weighted by atomic mass is 32.1. The Labute approximate surface area is 82.5 Å². The number of methoxy groups -OCH3 is 1. The van der Waals surface area contributed by atoms with Crippen LogP contribution < -0.4 is 5.32 Å². The molecule has 0 atom stereocenters. The van der Waals surface area contributed by atoms with Gasteiger partial charge in [-0.15, -0.1) is 0 Å². The first kappa shape index (κ1) is 10.4. The molecule has 0 aliphatic rings. The van der Waals surface area contributed by atoms with Crippen molar-refractivity contribution < 1.29 is 4.74 Å². The first-order valence-corrected chi connectivity index (χ1v) is 5.19. The van der Waals surface area contributed by atoms with Crippen LogP contribution >= 0.6 is 11.5 Å². The summed E-state index contributed by atoms with van der Waals surface area (Å²) in [5.41, 5.74) is 0. The zero-order valence-electron chi connectivity index (χ0n) is 8.04. The summed E-state index contributed by atoms with van der Waals surface area (Å²) in [5.74, 6) is 0.916. The summed E-state index contributed by atoms with van der Waals surface area (Å²) in [7, 11) is 1.71. The fourth-order valence-electron chi connectivity index (χ4n) is 0.881. The Morgan fingerprint density at radius 3 is 3.00 bits per heavy atom. The van der Waals surface area contributed by atoms with Crippen molar-refractivity contribution in [2.45, 2.75) is 19.8 Å². The van der Waals surface area contributed by atoms with Gasteiger partial charge < -0.3 is 10.1 Å². The van der Waals surface area contributed by atoms with Crippen LogP contribution in [-0.4, -0.2) is 29.6 Å². The molecule has 0 saturated heterocycles. The van der Waals surface area contributed by atoms with Crippen LogP contribution in [0, 0.1) is 0 Å². The lowest BCUT2D eigenvalue weighted by molar-refractivity contribution is 0.198. The number of anilines is 1. The van der Waals surface area contributed by atoms with Gasteiger partial charge in [-0.05, 0) is 6.42 Å². The number of aromatic nitrogens is 2. The van der Waals surface area contributed by atoms with E-state index in [-0.39, 0.29) is 0 Å². The molecule has 1 heterocycles. The van der Waals surface area contributed by atoms with Gasteiger partial charge >= 0.3 is 0 Å². The molecule has 0 amide bonds. The Balaban J connectivity index is 2.20. The highest BCUT2D eigenvalue weighted by Crippen LogP contribution is 2.10. The number of ether oxygens (including phenoxy) is 1. The van der Waals surface area contributed by atoms with E-state index in [0.29, 0.717) is 0 Å². The van der Waals surface area contributed by atoms with Crippen molar-refractivity contribution in [3.8, 4) is 0 Å². The molecule has 1 rings (SSSR count). The Hall–Kier alpha value is -0.680. The lowest BCUT2D eigenvalue weighted by atomic mass is 10.4. The molecule has 0 fully saturated rings. The molecule has 0 radical (unpaired) electrons. The van der Waals surface area contributed by atoms with Crippen molar-refractivity contribution in [3.63, 3.8) is 0 Å². The van der Waals surface area contributed by atoms with Crippen molar-refractivity contribution in [3.05, 3.63) is 5.82 Å². The van der Waals surface area contributed by atoms with Crippen LogP contribution in [-0.2, 0) is 11.2 Å². The van der Waals surface area contributed by atoms with E-state index < -0.39 is 0 Å². The smallest absolute Gasteiger partial charge is 0.202 e. The van der Waals surface area contributed by atoms with E-state index >= 15 is 0 Å². The summed E-state index contributed by atoms with van der Waals surface area (Å²) in [5, 5.41) is 4.11. The van der Waals surface area contributed by atoms with Crippen molar-refractivity contribution in [2.75, 3.05) is 25.6 Å². The molecular weight excluding hydrogens is 186 g/mol. The summed E-state index contributed by atoms with van der Waals surface area (Å²) in [4.78, 5) is 4.28. The van der Waals surface area contributed by atoms with E-state index in [2.05, 4.69) is 21.6 Å². The van der Waals surface area contributed by atoms with Gasteiger partial charge in [0.1, 0.15) is 5.82 Å². The molecular formula is C8H15N3OS. The monoisotopic (exact) mass is 201 g/mol. The first-order valence-electron chi connectivity index (χ1n) is 4.42. The summed E-state index contributed by atoms with van der Waals surface area (Å²) in [6.07, 6.45) is 1.90. The van der Waals surface area contributed by atoms with E-state index in [4.69, 9.17) is 4.74 Å². The van der Waals surface area contributed by atoms with Crippen LogP contribution in [0.25, 0.3) is 0 Å². The summed E-state index contributed by atoms with van der Waals surface area (Å²) >= 11 is 1.42. The van der Waals surface area contributed by atoms with Crippen LogP contribution in [0.15, 0.2) is 0 Å². The number of hydrogen-bond acceptors (Lipinski definition) is 5. The topological polar surface area (TPSA) is 47.0 Å². The van der Waals surface area contributed by atoms with Crippen molar-refractivity contribution in [1.82, 2.24) is 9.36 Å². The molecule has 0 spiro atoms. The number of nitrogens with zero attached hydrogens (tertiary/aromatic N) is 2. The molecule has 0 aliphatic heterocycles. The Morgan fingerprint density at radius 2 is 2.38 bits per heavy atom. The predicted octanol–water partition coefficient (Wildman–Crippen LogP) is 1.55. The highest BCUT2D eigenvalue weighted by molar-refractivity contribution is 7.09. The third kappa shape index (κ3) is 3.69. The fourth-order valence-corrected chi connectivity index (χ4v) is 1.56. The quantitative estimate of drug-likeness (QED) is 0.709. The van der Waals surface area contributed by atoms with E-state index in [0.717, 1.165) is 36.9 Å².